The Bertz CT molecular complexity index is 3410. The Morgan fingerprint density at radius 3 is 1.73 bits per heavy atom. The zero-order valence-corrected chi connectivity index (χ0v) is 28.3. The van der Waals surface area contributed by atoms with Crippen LogP contribution in [0.5, 0.6) is 0 Å². The van der Waals surface area contributed by atoms with Crippen LogP contribution in [-0.2, 0) is 0 Å². The van der Waals surface area contributed by atoms with Crippen LogP contribution in [0.25, 0.3) is 107 Å². The van der Waals surface area contributed by atoms with Crippen molar-refractivity contribution in [2.75, 3.05) is 0 Å². The number of benzene rings is 9. The van der Waals surface area contributed by atoms with Crippen LogP contribution in [-0.4, -0.2) is 9.13 Å². The Labute approximate surface area is 296 Å². The molecule has 12 rings (SSSR count). The van der Waals surface area contributed by atoms with Gasteiger partial charge < -0.3 is 9.13 Å². The van der Waals surface area contributed by atoms with E-state index < -0.39 is 0 Å². The highest BCUT2D eigenvalue weighted by Crippen LogP contribution is 2.46. The van der Waals surface area contributed by atoms with E-state index in [9.17, 15) is 0 Å². The maximum absolute atomic E-state index is 2.52. The SMILES string of the molecule is c1ccc(-n2c3cc(-n4c5ccccc5c5c6ccccc6c6ccccc6c54)ccc3c3ccc4ccc5c6ccccc6sc5c4c32)cc1. The minimum Gasteiger partial charge on any atom is -0.309 e. The second-order valence-corrected chi connectivity index (χ2v) is 14.7. The molecule has 0 saturated heterocycles. The third kappa shape index (κ3) is 3.60. The minimum absolute atomic E-state index is 1.16. The number of thiophene rings is 1. The van der Waals surface area contributed by atoms with E-state index in [1.807, 2.05) is 11.3 Å². The van der Waals surface area contributed by atoms with Crippen LogP contribution in [0.15, 0.2) is 170 Å². The summed E-state index contributed by atoms with van der Waals surface area (Å²) in [7, 11) is 0. The van der Waals surface area contributed by atoms with Gasteiger partial charge in [-0.3, -0.25) is 0 Å². The molecule has 3 heterocycles. The molecule has 3 aromatic heterocycles. The van der Waals surface area contributed by atoms with Crippen LogP contribution in [0.1, 0.15) is 0 Å². The quantitative estimate of drug-likeness (QED) is 0.163. The summed E-state index contributed by atoms with van der Waals surface area (Å²) in [6, 6.07) is 62.8. The summed E-state index contributed by atoms with van der Waals surface area (Å²) in [6.45, 7) is 0. The van der Waals surface area contributed by atoms with Crippen LogP contribution in [0.3, 0.4) is 0 Å². The standard InChI is InChI=1S/C48H28N2S/c1-2-12-30(13-3-1)49-42-28-31(24-27-34(42)38-25-22-29-23-26-39-35-16-9-11-21-43(35)51-48(39)44(29)46(38)49)50-41-20-10-8-19-40(41)45-36-17-6-4-14-32(36)33-15-5-7-18-37(33)47(45)50/h1-28H. The molecule has 0 bridgehead atoms. The first-order valence-electron chi connectivity index (χ1n) is 17.5. The largest absolute Gasteiger partial charge is 0.309 e. The van der Waals surface area contributed by atoms with E-state index in [1.54, 1.807) is 0 Å². The molecular formula is C48H28N2S. The number of hydrogen-bond donors (Lipinski definition) is 0. The molecule has 2 nitrogen and oxygen atoms in total. The van der Waals surface area contributed by atoms with Gasteiger partial charge in [-0.1, -0.05) is 133 Å². The van der Waals surface area contributed by atoms with Crippen LogP contribution in [0.4, 0.5) is 0 Å². The van der Waals surface area contributed by atoms with E-state index in [-0.39, 0.29) is 0 Å². The van der Waals surface area contributed by atoms with Crippen molar-refractivity contribution >= 4 is 107 Å². The van der Waals surface area contributed by atoms with Crippen molar-refractivity contribution in [2.45, 2.75) is 0 Å². The lowest BCUT2D eigenvalue weighted by molar-refractivity contribution is 1.16. The van der Waals surface area contributed by atoms with Gasteiger partial charge in [0.15, 0.2) is 0 Å². The summed E-state index contributed by atoms with van der Waals surface area (Å²) < 4.78 is 7.70. The van der Waals surface area contributed by atoms with Gasteiger partial charge in [-0.15, -0.1) is 11.3 Å². The summed E-state index contributed by atoms with van der Waals surface area (Å²) >= 11 is 1.91. The molecule has 0 N–H and O–H groups in total. The number of rotatable bonds is 2. The fourth-order valence-corrected chi connectivity index (χ4v) is 10.2. The van der Waals surface area contributed by atoms with Gasteiger partial charge in [-0.25, -0.2) is 0 Å². The van der Waals surface area contributed by atoms with Crippen molar-refractivity contribution in [3.63, 3.8) is 0 Å². The van der Waals surface area contributed by atoms with Crippen molar-refractivity contribution < 1.29 is 0 Å². The van der Waals surface area contributed by atoms with Gasteiger partial charge >= 0.3 is 0 Å². The monoisotopic (exact) mass is 664 g/mol. The van der Waals surface area contributed by atoms with Crippen LogP contribution in [0.2, 0.25) is 0 Å². The topological polar surface area (TPSA) is 9.86 Å². The van der Waals surface area contributed by atoms with E-state index in [2.05, 4.69) is 179 Å². The molecule has 0 amide bonds. The Hall–Kier alpha value is -6.42. The normalized spacial score (nSPS) is 12.3. The molecule has 0 aliphatic heterocycles. The molecule has 0 radical (unpaired) electrons. The van der Waals surface area contributed by atoms with E-state index in [0.29, 0.717) is 0 Å². The molecule has 0 atom stereocenters. The minimum atomic E-state index is 1.16. The van der Waals surface area contributed by atoms with Gasteiger partial charge in [0.25, 0.3) is 0 Å². The molecule has 51 heavy (non-hydrogen) atoms. The number of nitrogens with zero attached hydrogens (tertiary/aromatic N) is 2. The Kier molecular flexibility index (Phi) is 5.41. The van der Waals surface area contributed by atoms with Crippen molar-refractivity contribution in [3.05, 3.63) is 170 Å². The molecule has 236 valence electrons. The van der Waals surface area contributed by atoms with Gasteiger partial charge in [-0.2, -0.15) is 0 Å². The summed E-state index contributed by atoms with van der Waals surface area (Å²) in [6.07, 6.45) is 0. The highest BCUT2D eigenvalue weighted by atomic mass is 32.1. The van der Waals surface area contributed by atoms with Gasteiger partial charge in [-0.05, 0) is 57.9 Å². The molecular weight excluding hydrogens is 637 g/mol. The Morgan fingerprint density at radius 1 is 0.333 bits per heavy atom. The third-order valence-electron chi connectivity index (χ3n) is 11.1. The molecule has 0 aliphatic carbocycles. The summed E-state index contributed by atoms with van der Waals surface area (Å²) in [4.78, 5) is 0. The van der Waals surface area contributed by atoms with Crippen molar-refractivity contribution in [2.24, 2.45) is 0 Å². The summed E-state index contributed by atoms with van der Waals surface area (Å²) in [5, 5.41) is 15.5. The van der Waals surface area contributed by atoms with E-state index in [1.165, 1.54) is 102 Å². The predicted molar refractivity (Wildman–Crippen MR) is 221 cm³/mol. The van der Waals surface area contributed by atoms with Gasteiger partial charge in [0.1, 0.15) is 0 Å². The highest BCUT2D eigenvalue weighted by molar-refractivity contribution is 7.26. The van der Waals surface area contributed by atoms with E-state index in [4.69, 9.17) is 0 Å². The number of fused-ring (bicyclic) bond motifs is 17. The zero-order chi connectivity index (χ0) is 33.2. The molecule has 0 aliphatic rings. The lowest BCUT2D eigenvalue weighted by Gasteiger charge is -2.14. The number of hydrogen-bond acceptors (Lipinski definition) is 1. The zero-order valence-electron chi connectivity index (χ0n) is 27.5. The molecule has 0 spiro atoms. The average Bonchev–Trinajstić information content (AvgIpc) is 3.86. The van der Waals surface area contributed by atoms with Crippen molar-refractivity contribution in [3.8, 4) is 11.4 Å². The Balaban J connectivity index is 1.27. The second kappa shape index (κ2) is 10.1. The lowest BCUT2D eigenvalue weighted by atomic mass is 9.97. The molecule has 12 aromatic rings. The first kappa shape index (κ1) is 27.4. The average molecular weight is 665 g/mol. The van der Waals surface area contributed by atoms with Crippen LogP contribution >= 0.6 is 11.3 Å². The molecule has 0 unspecified atom stereocenters. The van der Waals surface area contributed by atoms with Crippen LogP contribution in [0, 0.1) is 0 Å². The molecule has 3 heteroatoms. The smallest absolute Gasteiger partial charge is 0.0633 e. The fourth-order valence-electron chi connectivity index (χ4n) is 8.96. The van der Waals surface area contributed by atoms with Gasteiger partial charge in [0.2, 0.25) is 0 Å². The van der Waals surface area contributed by atoms with Crippen molar-refractivity contribution in [1.29, 1.82) is 0 Å². The van der Waals surface area contributed by atoms with Crippen LogP contribution < -0.4 is 0 Å². The van der Waals surface area contributed by atoms with E-state index >= 15 is 0 Å². The first-order chi connectivity index (χ1) is 25.3. The van der Waals surface area contributed by atoms with E-state index in [0.717, 1.165) is 5.69 Å². The fraction of sp³-hybridized carbons (Fsp3) is 0. The maximum atomic E-state index is 2.52. The molecule has 0 saturated carbocycles. The first-order valence-corrected chi connectivity index (χ1v) is 18.3. The highest BCUT2D eigenvalue weighted by Gasteiger charge is 2.22. The van der Waals surface area contributed by atoms with Gasteiger partial charge in [0, 0.05) is 63.9 Å². The predicted octanol–water partition coefficient (Wildman–Crippen LogP) is 13.7. The number of aromatic nitrogens is 2. The molecule has 0 fully saturated rings. The number of para-hydroxylation sites is 2. The lowest BCUT2D eigenvalue weighted by Crippen LogP contribution is -1.97. The maximum Gasteiger partial charge on any atom is 0.0633 e. The third-order valence-corrected chi connectivity index (χ3v) is 12.3. The van der Waals surface area contributed by atoms with Gasteiger partial charge in [0.05, 0.1) is 22.1 Å². The second-order valence-electron chi connectivity index (χ2n) is 13.6. The summed E-state index contributed by atoms with van der Waals surface area (Å²) in [5.41, 5.74) is 7.26. The summed E-state index contributed by atoms with van der Waals surface area (Å²) in [5.74, 6) is 0. The van der Waals surface area contributed by atoms with Crippen molar-refractivity contribution in [1.82, 2.24) is 9.13 Å². The molecule has 9 aromatic carbocycles. The Morgan fingerprint density at radius 2 is 0.902 bits per heavy atom.